The molecule has 4 nitrogen and oxygen atoms in total. The van der Waals surface area contributed by atoms with Crippen molar-refractivity contribution < 1.29 is 9.84 Å². The molecule has 0 aliphatic carbocycles. The smallest absolute Gasteiger partial charge is 0.170 e. The number of hydrogen-bond acceptors (Lipinski definition) is 3. The molecule has 19 heavy (non-hydrogen) atoms. The fourth-order valence-corrected chi connectivity index (χ4v) is 2.29. The van der Waals surface area contributed by atoms with E-state index in [9.17, 15) is 5.11 Å². The Morgan fingerprint density at radius 2 is 2.05 bits per heavy atom. The molecule has 0 saturated carbocycles. The lowest BCUT2D eigenvalue weighted by atomic mass is 9.93. The first-order valence-corrected chi connectivity index (χ1v) is 6.51. The Morgan fingerprint density at radius 3 is 2.68 bits per heavy atom. The van der Waals surface area contributed by atoms with E-state index in [-0.39, 0.29) is 6.61 Å². The number of ether oxygens (including phenoxy) is 1. The van der Waals surface area contributed by atoms with E-state index in [1.54, 1.807) is 13.3 Å². The van der Waals surface area contributed by atoms with Crippen molar-refractivity contribution in [3.63, 3.8) is 0 Å². The zero-order chi connectivity index (χ0) is 13.7. The number of benzene rings is 1. The average molecular weight is 260 g/mol. The van der Waals surface area contributed by atoms with Crippen molar-refractivity contribution in [2.75, 3.05) is 13.7 Å². The number of nitrogens with zero attached hydrogens (tertiary/aromatic N) is 2. The molecule has 1 unspecified atom stereocenters. The predicted molar refractivity (Wildman–Crippen MR) is 73.8 cm³/mol. The van der Waals surface area contributed by atoms with Gasteiger partial charge in [-0.05, 0) is 12.0 Å². The molecule has 1 heterocycles. The highest BCUT2D eigenvalue weighted by Gasteiger charge is 2.35. The van der Waals surface area contributed by atoms with Crippen LogP contribution in [0.1, 0.15) is 24.7 Å². The van der Waals surface area contributed by atoms with Crippen LogP contribution in [0.2, 0.25) is 0 Å². The maximum Gasteiger partial charge on any atom is 0.170 e. The topological polar surface area (TPSA) is 47.3 Å². The molecular weight excluding hydrogens is 240 g/mol. The summed E-state index contributed by atoms with van der Waals surface area (Å²) in [5.74, 6) is 0.627. The number of aromatic nitrogens is 2. The van der Waals surface area contributed by atoms with Crippen LogP contribution in [0.4, 0.5) is 0 Å². The maximum absolute atomic E-state index is 11.0. The van der Waals surface area contributed by atoms with E-state index in [0.717, 1.165) is 18.5 Å². The first-order valence-electron chi connectivity index (χ1n) is 6.51. The predicted octanol–water partition coefficient (Wildman–Crippen LogP) is 2.18. The summed E-state index contributed by atoms with van der Waals surface area (Å²) >= 11 is 0. The van der Waals surface area contributed by atoms with Gasteiger partial charge in [-0.3, -0.25) is 0 Å². The van der Waals surface area contributed by atoms with Crippen LogP contribution in [0, 0.1) is 0 Å². The fourth-order valence-electron chi connectivity index (χ4n) is 2.29. The third-order valence-electron chi connectivity index (χ3n) is 3.15. The molecule has 1 aromatic carbocycles. The molecule has 0 aliphatic rings. The van der Waals surface area contributed by atoms with Gasteiger partial charge in [-0.1, -0.05) is 37.3 Å². The summed E-state index contributed by atoms with van der Waals surface area (Å²) in [6, 6.07) is 9.52. The minimum Gasteiger partial charge on any atom is -0.381 e. The number of imidazole rings is 1. The molecular formula is C15H20N2O2. The summed E-state index contributed by atoms with van der Waals surface area (Å²) in [6.45, 7) is 3.10. The van der Waals surface area contributed by atoms with Crippen LogP contribution in [0.25, 0.3) is 0 Å². The Labute approximate surface area is 113 Å². The van der Waals surface area contributed by atoms with Crippen LogP contribution in [-0.4, -0.2) is 28.4 Å². The van der Waals surface area contributed by atoms with Gasteiger partial charge in [0.05, 0.1) is 6.61 Å². The van der Waals surface area contributed by atoms with Gasteiger partial charge in [0.2, 0.25) is 0 Å². The Bertz CT molecular complexity index is 510. The third kappa shape index (κ3) is 2.69. The summed E-state index contributed by atoms with van der Waals surface area (Å²) in [5.41, 5.74) is -0.422. The molecule has 0 amide bonds. The number of methoxy groups -OCH3 is 1. The average Bonchev–Trinajstić information content (AvgIpc) is 2.89. The van der Waals surface area contributed by atoms with Gasteiger partial charge in [-0.15, -0.1) is 0 Å². The van der Waals surface area contributed by atoms with Crippen LogP contribution in [0.15, 0.2) is 42.7 Å². The highest BCUT2D eigenvalue weighted by atomic mass is 16.5. The molecule has 0 aliphatic heterocycles. The zero-order valence-electron chi connectivity index (χ0n) is 11.4. The van der Waals surface area contributed by atoms with E-state index in [1.807, 2.05) is 41.1 Å². The van der Waals surface area contributed by atoms with Gasteiger partial charge in [0, 0.05) is 26.0 Å². The van der Waals surface area contributed by atoms with Crippen molar-refractivity contribution in [1.82, 2.24) is 9.55 Å². The lowest BCUT2D eigenvalue weighted by Gasteiger charge is -2.28. The van der Waals surface area contributed by atoms with Crippen LogP contribution in [-0.2, 0) is 16.9 Å². The van der Waals surface area contributed by atoms with E-state index >= 15 is 0 Å². The van der Waals surface area contributed by atoms with Crippen LogP contribution in [0.3, 0.4) is 0 Å². The highest BCUT2D eigenvalue weighted by molar-refractivity contribution is 5.30. The van der Waals surface area contributed by atoms with E-state index in [0.29, 0.717) is 5.82 Å². The van der Waals surface area contributed by atoms with Crippen molar-refractivity contribution in [3.05, 3.63) is 54.1 Å². The van der Waals surface area contributed by atoms with Gasteiger partial charge in [-0.2, -0.15) is 0 Å². The fraction of sp³-hybridized carbons (Fsp3) is 0.400. The van der Waals surface area contributed by atoms with E-state index in [4.69, 9.17) is 4.74 Å². The summed E-state index contributed by atoms with van der Waals surface area (Å²) in [4.78, 5) is 4.33. The molecule has 1 aromatic heterocycles. The lowest BCUT2D eigenvalue weighted by molar-refractivity contribution is -0.0121. The minimum atomic E-state index is -1.21. The Kier molecular flexibility index (Phi) is 4.35. The van der Waals surface area contributed by atoms with Crippen molar-refractivity contribution >= 4 is 0 Å². The van der Waals surface area contributed by atoms with E-state index in [2.05, 4.69) is 11.9 Å². The molecule has 1 atom stereocenters. The molecule has 0 fully saturated rings. The Morgan fingerprint density at radius 1 is 1.32 bits per heavy atom. The molecule has 0 saturated heterocycles. The monoisotopic (exact) mass is 260 g/mol. The quantitative estimate of drug-likeness (QED) is 0.866. The largest absolute Gasteiger partial charge is 0.381 e. The molecule has 0 spiro atoms. The van der Waals surface area contributed by atoms with Crippen LogP contribution in [0.5, 0.6) is 0 Å². The SMILES string of the molecule is CCCn1ccnc1C(O)(COC)c1ccccc1. The first-order chi connectivity index (χ1) is 9.22. The van der Waals surface area contributed by atoms with E-state index < -0.39 is 5.60 Å². The lowest BCUT2D eigenvalue weighted by Crippen LogP contribution is -2.36. The first kappa shape index (κ1) is 13.8. The number of hydrogen-bond donors (Lipinski definition) is 1. The van der Waals surface area contributed by atoms with Gasteiger partial charge in [0.15, 0.2) is 5.60 Å². The van der Waals surface area contributed by atoms with E-state index in [1.165, 1.54) is 0 Å². The van der Waals surface area contributed by atoms with Crippen LogP contribution < -0.4 is 0 Å². The molecule has 2 aromatic rings. The highest BCUT2D eigenvalue weighted by Crippen LogP contribution is 2.28. The molecule has 2 rings (SSSR count). The number of rotatable bonds is 6. The second kappa shape index (κ2) is 5.99. The van der Waals surface area contributed by atoms with Crippen molar-refractivity contribution in [2.24, 2.45) is 0 Å². The van der Waals surface area contributed by atoms with Crippen molar-refractivity contribution in [3.8, 4) is 0 Å². The summed E-state index contributed by atoms with van der Waals surface area (Å²) in [6.07, 6.45) is 4.60. The standard InChI is InChI=1S/C15H20N2O2/c1-3-10-17-11-9-16-14(17)15(18,12-19-2)13-7-5-4-6-8-13/h4-9,11,18H,3,10,12H2,1-2H3. The molecule has 0 radical (unpaired) electrons. The summed E-state index contributed by atoms with van der Waals surface area (Å²) in [7, 11) is 1.58. The number of aryl methyl sites for hydroxylation is 1. The number of aliphatic hydroxyl groups is 1. The molecule has 102 valence electrons. The van der Waals surface area contributed by atoms with Gasteiger partial charge in [0.1, 0.15) is 5.82 Å². The van der Waals surface area contributed by atoms with Gasteiger partial charge in [0.25, 0.3) is 0 Å². The minimum absolute atomic E-state index is 0.178. The second-order valence-electron chi connectivity index (χ2n) is 4.60. The summed E-state index contributed by atoms with van der Waals surface area (Å²) < 4.78 is 7.19. The van der Waals surface area contributed by atoms with Crippen molar-refractivity contribution in [2.45, 2.75) is 25.5 Å². The Hall–Kier alpha value is -1.65. The van der Waals surface area contributed by atoms with Crippen LogP contribution >= 0.6 is 0 Å². The molecule has 4 heteroatoms. The van der Waals surface area contributed by atoms with Gasteiger partial charge in [-0.25, -0.2) is 4.98 Å². The molecule has 0 bridgehead atoms. The zero-order valence-corrected chi connectivity index (χ0v) is 11.4. The Balaban J connectivity index is 2.47. The molecule has 1 N–H and O–H groups in total. The van der Waals surface area contributed by atoms with Gasteiger partial charge >= 0.3 is 0 Å². The van der Waals surface area contributed by atoms with Gasteiger partial charge < -0.3 is 14.4 Å². The maximum atomic E-state index is 11.0. The second-order valence-corrected chi connectivity index (χ2v) is 4.60. The van der Waals surface area contributed by atoms with Crippen molar-refractivity contribution in [1.29, 1.82) is 0 Å². The summed E-state index contributed by atoms with van der Waals surface area (Å²) in [5, 5.41) is 11.0. The normalized spacial score (nSPS) is 14.3. The third-order valence-corrected chi connectivity index (χ3v) is 3.15.